The monoisotopic (exact) mass is 504 g/mol. The van der Waals surface area contributed by atoms with Crippen molar-refractivity contribution in [1.82, 2.24) is 10.1 Å². The van der Waals surface area contributed by atoms with E-state index in [-0.39, 0.29) is 5.69 Å². The van der Waals surface area contributed by atoms with Crippen LogP contribution < -0.4 is 11.1 Å². The average Bonchev–Trinajstić information content (AvgIpc) is 3.27. The quantitative estimate of drug-likeness (QED) is 0.322. The van der Waals surface area contributed by atoms with E-state index in [1.54, 1.807) is 24.4 Å². The summed E-state index contributed by atoms with van der Waals surface area (Å²) in [6.07, 6.45) is 4.68. The molecule has 1 aliphatic heterocycles. The van der Waals surface area contributed by atoms with E-state index < -0.39 is 32.4 Å². The molecule has 4 rings (SSSR count). The molecule has 0 spiro atoms. The molecule has 0 bridgehead atoms. The Bertz CT molecular complexity index is 1290. The predicted octanol–water partition coefficient (Wildman–Crippen LogP) is 3.72. The van der Waals surface area contributed by atoms with Gasteiger partial charge in [-0.3, -0.25) is 4.52 Å². The molecule has 1 aromatic heterocycles. The number of rotatable bonds is 9. The molecule has 5 N–H and O–H groups in total. The van der Waals surface area contributed by atoms with Gasteiger partial charge in [-0.1, -0.05) is 35.5 Å². The molecule has 0 fully saturated rings. The van der Waals surface area contributed by atoms with Crippen molar-refractivity contribution in [1.29, 1.82) is 0 Å². The summed E-state index contributed by atoms with van der Waals surface area (Å²) >= 11 is 0. The summed E-state index contributed by atoms with van der Waals surface area (Å²) < 4.78 is 48.0. The Morgan fingerprint density at radius 3 is 2.63 bits per heavy atom. The molecule has 184 valence electrons. The van der Waals surface area contributed by atoms with E-state index in [2.05, 4.69) is 15.0 Å². The number of aromatic nitrogens is 1. The lowest BCUT2D eigenvalue weighted by Gasteiger charge is -2.30. The van der Waals surface area contributed by atoms with Crippen molar-refractivity contribution in [2.75, 3.05) is 12.0 Å². The number of anilines is 1. The first-order valence-electron chi connectivity index (χ1n) is 10.5. The third kappa shape index (κ3) is 6.62. The Hall–Kier alpha value is -3.34. The van der Waals surface area contributed by atoms with Crippen LogP contribution in [-0.2, 0) is 22.1 Å². The molecule has 2 aromatic carbocycles. The van der Waals surface area contributed by atoms with Crippen LogP contribution in [0.15, 0.2) is 71.4 Å². The van der Waals surface area contributed by atoms with Crippen LogP contribution in [0.3, 0.4) is 0 Å². The molecule has 1 atom stereocenters. The van der Waals surface area contributed by atoms with Crippen LogP contribution in [0.1, 0.15) is 22.6 Å². The van der Waals surface area contributed by atoms with Crippen molar-refractivity contribution >= 4 is 19.1 Å². The summed E-state index contributed by atoms with van der Waals surface area (Å²) in [5.74, 6) is -0.610. The highest BCUT2D eigenvalue weighted by Crippen LogP contribution is 2.36. The van der Waals surface area contributed by atoms with Crippen LogP contribution in [0.4, 0.5) is 14.5 Å². The molecule has 0 saturated carbocycles. The zero-order valence-electron chi connectivity index (χ0n) is 18.3. The van der Waals surface area contributed by atoms with E-state index >= 15 is 0 Å². The molecule has 12 heteroatoms. The first kappa shape index (κ1) is 24.8. The number of phosphoric ester groups is 1. The van der Waals surface area contributed by atoms with Crippen LogP contribution in [0.25, 0.3) is 5.57 Å². The second kappa shape index (κ2) is 10.5. The number of halogens is 2. The molecule has 3 aromatic rings. The third-order valence-electron chi connectivity index (χ3n) is 5.27. The zero-order valence-corrected chi connectivity index (χ0v) is 19.2. The summed E-state index contributed by atoms with van der Waals surface area (Å²) in [4.78, 5) is 19.2. The number of nitrogens with two attached hydrogens (primary N) is 1. The molecule has 0 radical (unpaired) electrons. The van der Waals surface area contributed by atoms with Gasteiger partial charge in [-0.2, -0.15) is 0 Å². The maximum atomic E-state index is 13.7. The van der Waals surface area contributed by atoms with Crippen molar-refractivity contribution in [2.45, 2.75) is 19.1 Å². The van der Waals surface area contributed by atoms with Gasteiger partial charge < -0.3 is 30.3 Å². The first-order valence-corrected chi connectivity index (χ1v) is 12.0. The van der Waals surface area contributed by atoms with Crippen LogP contribution in [0.2, 0.25) is 0 Å². The normalized spacial score (nSPS) is 15.9. The van der Waals surface area contributed by atoms with Gasteiger partial charge >= 0.3 is 7.82 Å². The van der Waals surface area contributed by atoms with Crippen LogP contribution in [0.5, 0.6) is 0 Å². The number of hydrogen-bond acceptors (Lipinski definition) is 7. The Balaban J connectivity index is 1.35. The van der Waals surface area contributed by atoms with Crippen molar-refractivity contribution in [3.63, 3.8) is 0 Å². The average molecular weight is 504 g/mol. The summed E-state index contributed by atoms with van der Waals surface area (Å²) in [6, 6.07) is 12.6. The molecule has 0 aliphatic carbocycles. The van der Waals surface area contributed by atoms with Crippen LogP contribution in [-0.4, -0.2) is 32.7 Å². The number of nitrogens with zero attached hydrogens (tertiary/aromatic N) is 2. The number of benzene rings is 2. The minimum atomic E-state index is -4.64. The van der Waals surface area contributed by atoms with E-state index in [0.29, 0.717) is 30.0 Å². The number of hydrogen-bond donors (Lipinski definition) is 4. The Labute approximate surface area is 199 Å². The Kier molecular flexibility index (Phi) is 7.44. The number of phosphoric acid groups is 1. The van der Waals surface area contributed by atoms with E-state index in [1.165, 1.54) is 4.90 Å². The number of allylic oxidation sites excluding steroid dienone is 2. The van der Waals surface area contributed by atoms with Crippen LogP contribution >= 0.6 is 7.82 Å². The summed E-state index contributed by atoms with van der Waals surface area (Å²) in [7, 11) is -4.64. The molecule has 0 saturated heterocycles. The SMILES string of the molecule is NC1C(c2cc(Cc3ccc(CNc4cc(F)ccc4F)cc3)no2)=CC=CN1COP(=O)(O)O. The molecular weight excluding hydrogens is 481 g/mol. The second-order valence-corrected chi connectivity index (χ2v) is 9.06. The molecule has 1 aliphatic rings. The predicted molar refractivity (Wildman–Crippen MR) is 124 cm³/mol. The summed E-state index contributed by atoms with van der Waals surface area (Å²) in [5.41, 5.74) is 9.37. The van der Waals surface area contributed by atoms with Gasteiger partial charge in [0.05, 0.1) is 11.4 Å². The highest BCUT2D eigenvalue weighted by atomic mass is 31.2. The van der Waals surface area contributed by atoms with E-state index in [1.807, 2.05) is 24.3 Å². The zero-order chi connectivity index (χ0) is 25.0. The fourth-order valence-electron chi connectivity index (χ4n) is 3.47. The van der Waals surface area contributed by atoms with Crippen molar-refractivity contribution in [2.24, 2.45) is 5.73 Å². The maximum Gasteiger partial charge on any atom is 0.471 e. The van der Waals surface area contributed by atoms with Gasteiger partial charge in [0.15, 0.2) is 5.76 Å². The highest BCUT2D eigenvalue weighted by Gasteiger charge is 2.25. The fourth-order valence-corrected chi connectivity index (χ4v) is 3.75. The van der Waals surface area contributed by atoms with E-state index in [0.717, 1.165) is 29.3 Å². The van der Waals surface area contributed by atoms with Gasteiger partial charge in [0.25, 0.3) is 0 Å². The minimum absolute atomic E-state index is 0.0983. The number of nitrogens with one attached hydrogen (secondary N) is 1. The first-order chi connectivity index (χ1) is 16.7. The van der Waals surface area contributed by atoms with E-state index in [9.17, 15) is 13.3 Å². The lowest BCUT2D eigenvalue weighted by molar-refractivity contribution is 0.110. The summed E-state index contributed by atoms with van der Waals surface area (Å²) in [6.45, 7) is -0.0656. The van der Waals surface area contributed by atoms with Gasteiger partial charge in [-0.05, 0) is 35.4 Å². The van der Waals surface area contributed by atoms with Crippen LogP contribution in [0, 0.1) is 11.6 Å². The maximum absolute atomic E-state index is 13.7. The topological polar surface area (TPSA) is 134 Å². The standard InChI is InChI=1S/C23H23F2N4O5P/c24-17-7-8-20(25)21(11-17)27-13-16-5-3-15(4-6-16)10-18-12-22(34-28-18)19-2-1-9-29(23(19)26)14-33-35(30,31)32/h1-9,11-12,23,27H,10,13-14,26H2,(H2,30,31,32). The van der Waals surface area contributed by atoms with E-state index in [4.69, 9.17) is 20.0 Å². The Morgan fingerprint density at radius 2 is 1.89 bits per heavy atom. The molecule has 0 amide bonds. The van der Waals surface area contributed by atoms with Gasteiger partial charge in [-0.15, -0.1) is 0 Å². The van der Waals surface area contributed by atoms with Crippen molar-refractivity contribution < 1.29 is 32.2 Å². The van der Waals surface area contributed by atoms with Gasteiger partial charge in [-0.25, -0.2) is 13.3 Å². The fraction of sp³-hybridized carbons (Fsp3) is 0.174. The molecule has 9 nitrogen and oxygen atoms in total. The molecule has 35 heavy (non-hydrogen) atoms. The molecule has 2 heterocycles. The Morgan fingerprint density at radius 1 is 1.14 bits per heavy atom. The molecule has 1 unspecified atom stereocenters. The van der Waals surface area contributed by atoms with Crippen molar-refractivity contribution in [3.8, 4) is 0 Å². The largest absolute Gasteiger partial charge is 0.471 e. The van der Waals surface area contributed by atoms with Gasteiger partial charge in [0.1, 0.15) is 24.5 Å². The second-order valence-electron chi connectivity index (χ2n) is 7.82. The van der Waals surface area contributed by atoms with Gasteiger partial charge in [0, 0.05) is 30.8 Å². The lowest BCUT2D eigenvalue weighted by Crippen LogP contribution is -2.41. The summed E-state index contributed by atoms with van der Waals surface area (Å²) in [5, 5.41) is 6.97. The minimum Gasteiger partial charge on any atom is -0.379 e. The smallest absolute Gasteiger partial charge is 0.379 e. The third-order valence-corrected chi connectivity index (χ3v) is 5.72. The van der Waals surface area contributed by atoms with Gasteiger partial charge in [0.2, 0.25) is 0 Å². The lowest BCUT2D eigenvalue weighted by atomic mass is 10.0. The van der Waals surface area contributed by atoms with Crippen molar-refractivity contribution in [3.05, 3.63) is 101 Å². The molecular formula is C23H23F2N4O5P. The highest BCUT2D eigenvalue weighted by molar-refractivity contribution is 7.46.